The molecule has 0 heterocycles. The zero-order chi connectivity index (χ0) is 24.6. The Bertz CT molecular complexity index is 858. The van der Waals surface area contributed by atoms with Crippen LogP contribution in [0.2, 0.25) is 0 Å². The number of carboxylic acids is 3. The molecule has 1 aromatic rings. The average molecular weight is 511 g/mol. The number of rotatable bonds is 14. The molecule has 0 spiro atoms. The maximum absolute atomic E-state index is 11.1. The van der Waals surface area contributed by atoms with E-state index >= 15 is 0 Å². The van der Waals surface area contributed by atoms with Gasteiger partial charge in [0, 0.05) is 22.2 Å². The first-order valence-corrected chi connectivity index (χ1v) is 12.0. The molecular formula is C17H26N4O8S3. The number of phenolic OH excluding ortho intramolecular Hbond substituents is 2. The molecule has 3 atom stereocenters. The van der Waals surface area contributed by atoms with Crippen LogP contribution in [0.5, 0.6) is 11.5 Å². The van der Waals surface area contributed by atoms with Gasteiger partial charge in [0.2, 0.25) is 0 Å². The molecule has 0 radical (unpaired) electrons. The number of carboxylic acid groups (broad SMARTS) is 3. The summed E-state index contributed by atoms with van der Waals surface area (Å²) in [5, 5.41) is 48.4. The third kappa shape index (κ3) is 7.61. The van der Waals surface area contributed by atoms with Crippen molar-refractivity contribution in [3.05, 3.63) is 5.56 Å². The molecule has 0 aromatic heterocycles. The van der Waals surface area contributed by atoms with Crippen LogP contribution in [0, 0.1) is 0 Å². The van der Waals surface area contributed by atoms with Gasteiger partial charge in [0.15, 0.2) is 11.5 Å². The fourth-order valence-electron chi connectivity index (χ4n) is 2.25. The number of aromatic hydroxyl groups is 2. The van der Waals surface area contributed by atoms with Crippen molar-refractivity contribution in [1.82, 2.24) is 0 Å². The Morgan fingerprint density at radius 1 is 0.688 bits per heavy atom. The molecule has 12 nitrogen and oxygen atoms in total. The molecule has 180 valence electrons. The Balaban J connectivity index is 3.52. The number of nitrogens with two attached hydrogens (primary N) is 4. The van der Waals surface area contributed by atoms with E-state index in [1.165, 1.54) is 0 Å². The first kappa shape index (κ1) is 28.2. The quantitative estimate of drug-likeness (QED) is 0.109. The summed E-state index contributed by atoms with van der Waals surface area (Å²) in [6.45, 7) is 0.111. The standard InChI is InChI=1S/C17H26N4O8S3/c18-2-1-6-12(30-3-7(19)15(24)25)10(22)11(23)14(32-5-9(21)17(28)29)13(6)31-4-8(20)16(26)27/h7-9,22-23H,1-5,18-21H2,(H,24,25)(H,26,27)(H,28,29)/t7-,8-,9-/m0/s1. The summed E-state index contributed by atoms with van der Waals surface area (Å²) in [5.41, 5.74) is 22.8. The normalized spacial score (nSPS) is 14.0. The minimum atomic E-state index is -1.26. The van der Waals surface area contributed by atoms with Crippen molar-refractivity contribution in [1.29, 1.82) is 0 Å². The van der Waals surface area contributed by atoms with Crippen molar-refractivity contribution in [3.63, 3.8) is 0 Å². The van der Waals surface area contributed by atoms with Crippen LogP contribution in [0.15, 0.2) is 14.7 Å². The van der Waals surface area contributed by atoms with Crippen LogP contribution >= 0.6 is 35.3 Å². The molecule has 32 heavy (non-hydrogen) atoms. The SMILES string of the molecule is NCCc1c(SC[C@H](N)C(=O)O)c(O)c(O)c(SC[C@H](N)C(=O)O)c1SC[C@H](N)C(=O)O. The molecule has 0 aliphatic rings. The highest BCUT2D eigenvalue weighted by Crippen LogP contribution is 2.51. The lowest BCUT2D eigenvalue weighted by Crippen LogP contribution is -2.33. The van der Waals surface area contributed by atoms with Gasteiger partial charge in [-0.1, -0.05) is 0 Å². The number of benzene rings is 1. The molecule has 13 N–H and O–H groups in total. The summed E-state index contributed by atoms with van der Waals surface area (Å²) in [6, 6.07) is -3.75. The van der Waals surface area contributed by atoms with Crippen molar-refractivity contribution in [2.75, 3.05) is 23.8 Å². The van der Waals surface area contributed by atoms with Gasteiger partial charge in [0.1, 0.15) is 18.1 Å². The monoisotopic (exact) mass is 510 g/mol. The zero-order valence-corrected chi connectivity index (χ0v) is 19.2. The van der Waals surface area contributed by atoms with Crippen LogP contribution in [0.1, 0.15) is 5.56 Å². The maximum atomic E-state index is 11.1. The maximum Gasteiger partial charge on any atom is 0.321 e. The van der Waals surface area contributed by atoms with E-state index < -0.39 is 47.5 Å². The Morgan fingerprint density at radius 3 is 1.41 bits per heavy atom. The van der Waals surface area contributed by atoms with E-state index in [2.05, 4.69) is 0 Å². The van der Waals surface area contributed by atoms with Gasteiger partial charge in [-0.15, -0.1) is 35.3 Å². The topological polar surface area (TPSA) is 256 Å². The number of carbonyl (C=O) groups is 3. The van der Waals surface area contributed by atoms with Crippen molar-refractivity contribution < 1.29 is 39.9 Å². The molecule has 0 saturated carbocycles. The van der Waals surface area contributed by atoms with Crippen molar-refractivity contribution >= 4 is 53.2 Å². The van der Waals surface area contributed by atoms with Gasteiger partial charge in [-0.25, -0.2) is 0 Å². The number of phenols is 2. The van der Waals surface area contributed by atoms with Crippen molar-refractivity contribution in [2.45, 2.75) is 39.2 Å². The molecule has 15 heteroatoms. The Hall–Kier alpha value is -1.88. The molecule has 0 unspecified atom stereocenters. The summed E-state index contributed by atoms with van der Waals surface area (Å²) < 4.78 is 0. The van der Waals surface area contributed by atoms with Crippen molar-refractivity contribution in [3.8, 4) is 11.5 Å². The molecule has 1 aromatic carbocycles. The van der Waals surface area contributed by atoms with Crippen LogP contribution in [0.25, 0.3) is 0 Å². The highest BCUT2D eigenvalue weighted by atomic mass is 32.2. The molecule has 0 saturated heterocycles. The summed E-state index contributed by atoms with van der Waals surface area (Å²) in [4.78, 5) is 33.8. The molecular weight excluding hydrogens is 484 g/mol. The molecule has 0 aliphatic carbocycles. The van der Waals surface area contributed by atoms with Crippen LogP contribution in [0.3, 0.4) is 0 Å². The lowest BCUT2D eigenvalue weighted by molar-refractivity contribution is -0.138. The molecule has 0 bridgehead atoms. The van der Waals surface area contributed by atoms with E-state index in [9.17, 15) is 24.6 Å². The Kier molecular flexibility index (Phi) is 11.4. The summed E-state index contributed by atoms with van der Waals surface area (Å²) in [5.74, 6) is -5.27. The second-order valence-electron chi connectivity index (χ2n) is 6.47. The van der Waals surface area contributed by atoms with E-state index in [1.54, 1.807) is 0 Å². The number of aliphatic carboxylic acids is 3. The van der Waals surface area contributed by atoms with Gasteiger partial charge < -0.3 is 48.5 Å². The van der Waals surface area contributed by atoms with E-state index in [-0.39, 0.29) is 40.0 Å². The number of hydrogen-bond acceptors (Lipinski definition) is 12. The van der Waals surface area contributed by atoms with E-state index in [0.29, 0.717) is 10.5 Å². The minimum Gasteiger partial charge on any atom is -0.503 e. The largest absolute Gasteiger partial charge is 0.503 e. The van der Waals surface area contributed by atoms with E-state index in [1.807, 2.05) is 0 Å². The Labute approximate surface area is 196 Å². The van der Waals surface area contributed by atoms with Crippen LogP contribution in [-0.2, 0) is 20.8 Å². The summed E-state index contributed by atoms with van der Waals surface area (Å²) in [6.07, 6.45) is 0.182. The summed E-state index contributed by atoms with van der Waals surface area (Å²) >= 11 is 2.75. The predicted octanol–water partition coefficient (Wildman–Crippen LogP) is -0.889. The average Bonchev–Trinajstić information content (AvgIpc) is 2.73. The number of thioether (sulfide) groups is 3. The highest BCUT2D eigenvalue weighted by molar-refractivity contribution is 8.02. The first-order chi connectivity index (χ1) is 14.9. The van der Waals surface area contributed by atoms with Gasteiger partial charge in [0.25, 0.3) is 0 Å². The third-order valence-corrected chi connectivity index (χ3v) is 7.84. The predicted molar refractivity (Wildman–Crippen MR) is 122 cm³/mol. The first-order valence-electron chi connectivity index (χ1n) is 9.06. The fraction of sp³-hybridized carbons (Fsp3) is 0.471. The van der Waals surface area contributed by atoms with Gasteiger partial charge >= 0.3 is 17.9 Å². The molecule has 0 fully saturated rings. The smallest absolute Gasteiger partial charge is 0.321 e. The zero-order valence-electron chi connectivity index (χ0n) is 16.8. The third-order valence-electron chi connectivity index (χ3n) is 3.98. The summed E-state index contributed by atoms with van der Waals surface area (Å²) in [7, 11) is 0. The van der Waals surface area contributed by atoms with E-state index in [0.717, 1.165) is 35.3 Å². The van der Waals surface area contributed by atoms with Crippen molar-refractivity contribution in [2.24, 2.45) is 22.9 Å². The second kappa shape index (κ2) is 13.0. The second-order valence-corrected chi connectivity index (χ2v) is 9.56. The van der Waals surface area contributed by atoms with Crippen LogP contribution < -0.4 is 22.9 Å². The lowest BCUT2D eigenvalue weighted by atomic mass is 10.1. The molecule has 0 amide bonds. The molecule has 1 rings (SSSR count). The number of hydrogen-bond donors (Lipinski definition) is 9. The van der Waals surface area contributed by atoms with Crippen LogP contribution in [-0.4, -0.2) is 85.4 Å². The lowest BCUT2D eigenvalue weighted by Gasteiger charge is -2.22. The van der Waals surface area contributed by atoms with Crippen LogP contribution in [0.4, 0.5) is 0 Å². The fourth-order valence-corrected chi connectivity index (χ4v) is 5.84. The molecule has 0 aliphatic heterocycles. The minimum absolute atomic E-state index is 0.0946. The van der Waals surface area contributed by atoms with Gasteiger partial charge in [-0.3, -0.25) is 14.4 Å². The van der Waals surface area contributed by atoms with Gasteiger partial charge in [-0.05, 0) is 18.5 Å². The highest BCUT2D eigenvalue weighted by Gasteiger charge is 2.27. The van der Waals surface area contributed by atoms with E-state index in [4.69, 9.17) is 38.3 Å². The van der Waals surface area contributed by atoms with Gasteiger partial charge in [-0.2, -0.15) is 0 Å². The Morgan fingerprint density at radius 2 is 1.03 bits per heavy atom. The van der Waals surface area contributed by atoms with Gasteiger partial charge in [0.05, 0.1) is 9.79 Å².